The SMILES string of the molecule is C=C(/C=N\C(C)=C/C)/C=C/C. The molecule has 0 amide bonds. The molecule has 1 heteroatoms. The predicted molar refractivity (Wildman–Crippen MR) is 51.9 cm³/mol. The van der Waals surface area contributed by atoms with Crippen LogP contribution in [0.25, 0.3) is 0 Å². The van der Waals surface area contributed by atoms with E-state index < -0.39 is 0 Å². The minimum atomic E-state index is 0.925. The Bertz CT molecular complexity index is 207. The summed E-state index contributed by atoms with van der Waals surface area (Å²) in [4.78, 5) is 4.15. The highest BCUT2D eigenvalue weighted by atomic mass is 14.7. The van der Waals surface area contributed by atoms with Crippen molar-refractivity contribution < 1.29 is 0 Å². The molecule has 0 heterocycles. The van der Waals surface area contributed by atoms with Gasteiger partial charge < -0.3 is 0 Å². The maximum atomic E-state index is 4.15. The Morgan fingerprint density at radius 3 is 2.45 bits per heavy atom. The molecule has 0 bridgehead atoms. The van der Waals surface area contributed by atoms with Crippen molar-refractivity contribution >= 4 is 6.21 Å². The zero-order valence-corrected chi connectivity index (χ0v) is 7.46. The highest BCUT2D eigenvalue weighted by Gasteiger charge is 1.80. The summed E-state index contributed by atoms with van der Waals surface area (Å²) in [5.74, 6) is 0. The van der Waals surface area contributed by atoms with Crippen molar-refractivity contribution in [2.75, 3.05) is 0 Å². The third-order valence-electron chi connectivity index (χ3n) is 1.23. The molecule has 0 spiro atoms. The minimum absolute atomic E-state index is 0.925. The zero-order valence-electron chi connectivity index (χ0n) is 7.46. The van der Waals surface area contributed by atoms with Crippen molar-refractivity contribution in [2.45, 2.75) is 20.8 Å². The molecule has 1 nitrogen and oxygen atoms in total. The van der Waals surface area contributed by atoms with Gasteiger partial charge in [0.25, 0.3) is 0 Å². The van der Waals surface area contributed by atoms with Crippen molar-refractivity contribution in [1.29, 1.82) is 0 Å². The molecule has 0 aliphatic rings. The highest BCUT2D eigenvalue weighted by molar-refractivity contribution is 5.81. The van der Waals surface area contributed by atoms with Gasteiger partial charge in [-0.15, -0.1) is 0 Å². The van der Waals surface area contributed by atoms with Crippen LogP contribution in [0, 0.1) is 0 Å². The number of hydrogen-bond donors (Lipinski definition) is 0. The van der Waals surface area contributed by atoms with Gasteiger partial charge in [-0.05, 0) is 26.3 Å². The Kier molecular flexibility index (Phi) is 5.09. The fourth-order valence-electron chi connectivity index (χ4n) is 0.516. The number of nitrogens with zero attached hydrogens (tertiary/aromatic N) is 1. The van der Waals surface area contributed by atoms with Gasteiger partial charge in [-0.25, -0.2) is 0 Å². The van der Waals surface area contributed by atoms with Gasteiger partial charge in [0.1, 0.15) is 0 Å². The van der Waals surface area contributed by atoms with Gasteiger partial charge in [-0.1, -0.05) is 24.8 Å². The third-order valence-corrected chi connectivity index (χ3v) is 1.23. The van der Waals surface area contributed by atoms with Crippen LogP contribution in [0.4, 0.5) is 0 Å². The molecular formula is C10H15N. The molecule has 0 aliphatic carbocycles. The van der Waals surface area contributed by atoms with Crippen LogP contribution < -0.4 is 0 Å². The van der Waals surface area contributed by atoms with Crippen molar-refractivity contribution in [1.82, 2.24) is 0 Å². The molecule has 60 valence electrons. The van der Waals surface area contributed by atoms with Crippen LogP contribution in [0.15, 0.2) is 41.1 Å². The summed E-state index contributed by atoms with van der Waals surface area (Å²) in [5.41, 5.74) is 1.93. The van der Waals surface area contributed by atoms with Crippen LogP contribution in [0.1, 0.15) is 20.8 Å². The second-order valence-electron chi connectivity index (χ2n) is 2.26. The average Bonchev–Trinajstić information content (AvgIpc) is 2.01. The Labute approximate surface area is 68.9 Å². The minimum Gasteiger partial charge on any atom is -0.261 e. The molecule has 0 aromatic rings. The number of rotatable bonds is 3. The number of aliphatic imine (C=N–C) groups is 1. The fourth-order valence-corrected chi connectivity index (χ4v) is 0.516. The molecule has 0 saturated carbocycles. The van der Waals surface area contributed by atoms with Gasteiger partial charge in [0, 0.05) is 11.9 Å². The average molecular weight is 149 g/mol. The van der Waals surface area contributed by atoms with Gasteiger partial charge in [-0.3, -0.25) is 4.99 Å². The lowest BCUT2D eigenvalue weighted by Crippen LogP contribution is -1.76. The van der Waals surface area contributed by atoms with Gasteiger partial charge in [0.2, 0.25) is 0 Å². The number of hydrogen-bond acceptors (Lipinski definition) is 1. The Morgan fingerprint density at radius 1 is 1.36 bits per heavy atom. The standard InChI is InChI=1S/C10H15N/c1-5-7-9(3)8-11-10(4)6-2/h5-8H,3H2,1-2,4H3/b7-5+,10-6-,11-8-. The second-order valence-corrected chi connectivity index (χ2v) is 2.26. The van der Waals surface area contributed by atoms with Crippen LogP contribution in [-0.4, -0.2) is 6.21 Å². The Balaban J connectivity index is 4.03. The lowest BCUT2D eigenvalue weighted by Gasteiger charge is -1.89. The first kappa shape index (κ1) is 9.89. The maximum absolute atomic E-state index is 4.15. The second kappa shape index (κ2) is 5.66. The largest absolute Gasteiger partial charge is 0.261 e. The highest BCUT2D eigenvalue weighted by Crippen LogP contribution is 1.95. The van der Waals surface area contributed by atoms with E-state index in [0.29, 0.717) is 0 Å². The normalized spacial score (nSPS) is 13.2. The molecule has 11 heavy (non-hydrogen) atoms. The number of allylic oxidation sites excluding steroid dienone is 5. The van der Waals surface area contributed by atoms with E-state index in [0.717, 1.165) is 11.3 Å². The summed E-state index contributed by atoms with van der Waals surface area (Å²) < 4.78 is 0. The molecule has 0 aromatic carbocycles. The van der Waals surface area contributed by atoms with E-state index in [-0.39, 0.29) is 0 Å². The topological polar surface area (TPSA) is 12.4 Å². The van der Waals surface area contributed by atoms with Gasteiger partial charge >= 0.3 is 0 Å². The molecule has 0 radical (unpaired) electrons. The maximum Gasteiger partial charge on any atom is 0.0337 e. The van der Waals surface area contributed by atoms with E-state index in [1.165, 1.54) is 0 Å². The van der Waals surface area contributed by atoms with E-state index in [2.05, 4.69) is 11.6 Å². The first-order valence-corrected chi connectivity index (χ1v) is 3.69. The van der Waals surface area contributed by atoms with Crippen LogP contribution >= 0.6 is 0 Å². The van der Waals surface area contributed by atoms with E-state index in [4.69, 9.17) is 0 Å². The lowest BCUT2D eigenvalue weighted by atomic mass is 10.3. The lowest BCUT2D eigenvalue weighted by molar-refractivity contribution is 1.30. The summed E-state index contributed by atoms with van der Waals surface area (Å²) >= 11 is 0. The van der Waals surface area contributed by atoms with Crippen LogP contribution in [0.2, 0.25) is 0 Å². The van der Waals surface area contributed by atoms with Crippen molar-refractivity contribution in [2.24, 2.45) is 4.99 Å². The summed E-state index contributed by atoms with van der Waals surface area (Å²) in [6.07, 6.45) is 7.58. The molecule has 0 aromatic heterocycles. The van der Waals surface area contributed by atoms with Gasteiger partial charge in [0.05, 0.1) is 0 Å². The Morgan fingerprint density at radius 2 is 2.00 bits per heavy atom. The van der Waals surface area contributed by atoms with Crippen LogP contribution in [0.3, 0.4) is 0 Å². The summed E-state index contributed by atoms with van der Waals surface area (Å²) in [5, 5.41) is 0. The Hall–Kier alpha value is -1.11. The molecule has 0 rings (SSSR count). The molecule has 0 aliphatic heterocycles. The van der Waals surface area contributed by atoms with E-state index in [1.807, 2.05) is 39.0 Å². The van der Waals surface area contributed by atoms with Crippen LogP contribution in [0.5, 0.6) is 0 Å². The van der Waals surface area contributed by atoms with E-state index >= 15 is 0 Å². The van der Waals surface area contributed by atoms with Crippen molar-refractivity contribution in [3.8, 4) is 0 Å². The van der Waals surface area contributed by atoms with E-state index in [9.17, 15) is 0 Å². The van der Waals surface area contributed by atoms with Gasteiger partial charge in [-0.2, -0.15) is 0 Å². The predicted octanol–water partition coefficient (Wildman–Crippen LogP) is 3.11. The smallest absolute Gasteiger partial charge is 0.0337 e. The molecule has 0 unspecified atom stereocenters. The summed E-state index contributed by atoms with van der Waals surface area (Å²) in [6, 6.07) is 0. The third kappa shape index (κ3) is 5.34. The van der Waals surface area contributed by atoms with Crippen molar-refractivity contribution in [3.63, 3.8) is 0 Å². The fraction of sp³-hybridized carbons (Fsp3) is 0.300. The monoisotopic (exact) mass is 149 g/mol. The molecule has 0 N–H and O–H groups in total. The molecular weight excluding hydrogens is 134 g/mol. The summed E-state index contributed by atoms with van der Waals surface area (Å²) in [6.45, 7) is 9.67. The van der Waals surface area contributed by atoms with Crippen LogP contribution in [-0.2, 0) is 0 Å². The van der Waals surface area contributed by atoms with E-state index in [1.54, 1.807) is 6.21 Å². The first-order valence-electron chi connectivity index (χ1n) is 3.69. The zero-order chi connectivity index (χ0) is 8.69. The molecule has 0 atom stereocenters. The molecule has 0 saturated heterocycles. The van der Waals surface area contributed by atoms with Gasteiger partial charge in [0.15, 0.2) is 0 Å². The first-order chi connectivity index (χ1) is 5.20. The van der Waals surface area contributed by atoms with Crippen molar-refractivity contribution in [3.05, 3.63) is 36.1 Å². The summed E-state index contributed by atoms with van der Waals surface area (Å²) in [7, 11) is 0. The quantitative estimate of drug-likeness (QED) is 0.432. The molecule has 0 fully saturated rings.